The Hall–Kier alpha value is -1.25. The molecule has 0 bridgehead atoms. The van der Waals surface area contributed by atoms with Crippen LogP contribution in [0.3, 0.4) is 0 Å². The molecule has 0 N–H and O–H groups in total. The van der Waals surface area contributed by atoms with Crippen molar-refractivity contribution in [1.29, 1.82) is 0 Å². The van der Waals surface area contributed by atoms with Crippen LogP contribution in [0.25, 0.3) is 5.57 Å². The summed E-state index contributed by atoms with van der Waals surface area (Å²) in [4.78, 5) is 0. The molecule has 0 aromatic heterocycles. The van der Waals surface area contributed by atoms with Crippen molar-refractivity contribution in [2.75, 3.05) is 6.61 Å². The van der Waals surface area contributed by atoms with Crippen LogP contribution in [-0.4, -0.2) is 31.1 Å². The molecular formula is C18H22BClF4O3. The Kier molecular flexibility index (Phi) is 6.24. The van der Waals surface area contributed by atoms with Gasteiger partial charge in [0.2, 0.25) is 0 Å². The third kappa shape index (κ3) is 5.18. The van der Waals surface area contributed by atoms with E-state index in [1.54, 1.807) is 27.7 Å². The third-order valence-electron chi connectivity index (χ3n) is 4.81. The molecule has 3 nitrogen and oxygen atoms in total. The van der Waals surface area contributed by atoms with E-state index in [9.17, 15) is 13.2 Å². The monoisotopic (exact) mass is 408 g/mol. The molecule has 1 heterocycles. The first-order valence-electron chi connectivity index (χ1n) is 8.45. The number of halogens is 5. The first-order valence-corrected chi connectivity index (χ1v) is 8.83. The maximum atomic E-state index is 15.0. The average Bonchev–Trinajstić information content (AvgIpc) is 2.74. The van der Waals surface area contributed by atoms with Gasteiger partial charge in [0.15, 0.2) is 0 Å². The molecule has 1 saturated heterocycles. The van der Waals surface area contributed by atoms with E-state index in [1.165, 1.54) is 25.1 Å². The van der Waals surface area contributed by atoms with E-state index in [-0.39, 0.29) is 16.9 Å². The van der Waals surface area contributed by atoms with Gasteiger partial charge in [0.1, 0.15) is 11.5 Å². The van der Waals surface area contributed by atoms with Crippen molar-refractivity contribution < 1.29 is 31.6 Å². The second-order valence-electron chi connectivity index (χ2n) is 7.42. The third-order valence-corrected chi connectivity index (χ3v) is 5.04. The highest BCUT2D eigenvalue weighted by Gasteiger charge is 2.53. The Bertz CT molecular complexity index is 716. The van der Waals surface area contributed by atoms with Crippen molar-refractivity contribution in [1.82, 2.24) is 0 Å². The molecule has 0 aliphatic carbocycles. The van der Waals surface area contributed by atoms with Gasteiger partial charge in [-0.25, -0.2) is 4.39 Å². The minimum atomic E-state index is -4.34. The van der Waals surface area contributed by atoms with Crippen molar-refractivity contribution in [3.8, 4) is 5.75 Å². The smallest absolute Gasteiger partial charge is 0.493 e. The SMILES string of the molecule is CC(=C(F)B1OC(C)(C)C(C)(C)O1)c1cc(Cl)ccc1OCCC(F)(F)F. The van der Waals surface area contributed by atoms with E-state index >= 15 is 4.39 Å². The van der Waals surface area contributed by atoms with Crippen LogP contribution >= 0.6 is 11.6 Å². The molecule has 0 unspecified atom stereocenters. The second kappa shape index (κ2) is 7.64. The minimum absolute atomic E-state index is 0.104. The van der Waals surface area contributed by atoms with Crippen molar-refractivity contribution in [3.63, 3.8) is 0 Å². The van der Waals surface area contributed by atoms with Gasteiger partial charge in [-0.15, -0.1) is 0 Å². The summed E-state index contributed by atoms with van der Waals surface area (Å²) in [5, 5.41) is 0.300. The number of hydrogen-bond acceptors (Lipinski definition) is 3. The number of alkyl halides is 3. The molecule has 0 spiro atoms. The number of hydrogen-bond donors (Lipinski definition) is 0. The van der Waals surface area contributed by atoms with Gasteiger partial charge in [-0.3, -0.25) is 0 Å². The van der Waals surface area contributed by atoms with Crippen LogP contribution in [0.15, 0.2) is 23.9 Å². The number of ether oxygens (including phenoxy) is 1. The minimum Gasteiger partial charge on any atom is -0.493 e. The lowest BCUT2D eigenvalue weighted by Crippen LogP contribution is -2.41. The summed E-state index contributed by atoms with van der Waals surface area (Å²) in [6.07, 6.45) is -5.46. The summed E-state index contributed by atoms with van der Waals surface area (Å²) < 4.78 is 68.7. The van der Waals surface area contributed by atoms with Crippen LogP contribution in [0.2, 0.25) is 5.02 Å². The van der Waals surface area contributed by atoms with Gasteiger partial charge < -0.3 is 14.0 Å². The molecule has 9 heteroatoms. The van der Waals surface area contributed by atoms with Gasteiger partial charge in [0.25, 0.3) is 0 Å². The van der Waals surface area contributed by atoms with Crippen LogP contribution in [0, 0.1) is 0 Å². The zero-order valence-electron chi connectivity index (χ0n) is 15.8. The highest BCUT2D eigenvalue weighted by atomic mass is 35.5. The Balaban J connectivity index is 2.30. The van der Waals surface area contributed by atoms with Gasteiger partial charge in [0, 0.05) is 10.6 Å². The van der Waals surface area contributed by atoms with E-state index in [2.05, 4.69) is 0 Å². The van der Waals surface area contributed by atoms with Crippen LogP contribution in [-0.2, 0) is 9.31 Å². The topological polar surface area (TPSA) is 27.7 Å². The van der Waals surface area contributed by atoms with E-state index in [4.69, 9.17) is 25.6 Å². The standard InChI is InChI=1S/C18H22BClF4O3/c1-11(15(21)19-26-16(2,3)17(4,5)27-19)13-10-12(20)6-7-14(13)25-9-8-18(22,23)24/h6-7,10H,8-9H2,1-5H3. The molecule has 0 saturated carbocycles. The van der Waals surface area contributed by atoms with Gasteiger partial charge in [0.05, 0.1) is 24.2 Å². The molecule has 1 aromatic rings. The van der Waals surface area contributed by atoms with Crippen LogP contribution < -0.4 is 4.74 Å². The molecule has 0 radical (unpaired) electrons. The first-order chi connectivity index (χ1) is 12.2. The fraction of sp³-hybridized carbons (Fsp3) is 0.556. The van der Waals surface area contributed by atoms with Gasteiger partial charge in [-0.2, -0.15) is 13.2 Å². The molecule has 0 amide bonds. The maximum absolute atomic E-state index is 15.0. The zero-order valence-corrected chi connectivity index (χ0v) is 16.6. The van der Waals surface area contributed by atoms with Crippen LogP contribution in [0.4, 0.5) is 17.6 Å². The second-order valence-corrected chi connectivity index (χ2v) is 7.85. The summed E-state index contributed by atoms with van der Waals surface area (Å²) >= 11 is 5.98. The average molecular weight is 409 g/mol. The van der Waals surface area contributed by atoms with Crippen LogP contribution in [0.5, 0.6) is 5.75 Å². The quantitative estimate of drug-likeness (QED) is 0.441. The van der Waals surface area contributed by atoms with E-state index in [1.807, 2.05) is 0 Å². The normalized spacial score (nSPS) is 19.9. The Morgan fingerprint density at radius 2 is 1.70 bits per heavy atom. The summed E-state index contributed by atoms with van der Waals surface area (Å²) in [5.74, 6) is 0.104. The highest BCUT2D eigenvalue weighted by Crippen LogP contribution is 2.41. The predicted octanol–water partition coefficient (Wildman–Crippen LogP) is 6.00. The number of benzene rings is 1. The molecule has 1 aliphatic heterocycles. The molecule has 1 fully saturated rings. The highest BCUT2D eigenvalue weighted by molar-refractivity contribution is 6.55. The maximum Gasteiger partial charge on any atom is 0.525 e. The lowest BCUT2D eigenvalue weighted by Gasteiger charge is -2.32. The molecular weight excluding hydrogens is 386 g/mol. The predicted molar refractivity (Wildman–Crippen MR) is 97.4 cm³/mol. The van der Waals surface area contributed by atoms with Crippen molar-refractivity contribution in [3.05, 3.63) is 34.5 Å². The molecule has 1 aliphatic rings. The van der Waals surface area contributed by atoms with E-state index < -0.39 is 43.3 Å². The largest absolute Gasteiger partial charge is 0.525 e. The lowest BCUT2D eigenvalue weighted by atomic mass is 9.83. The molecule has 150 valence electrons. The summed E-state index contributed by atoms with van der Waals surface area (Å²) in [7, 11) is -1.22. The fourth-order valence-electron chi connectivity index (χ4n) is 2.45. The van der Waals surface area contributed by atoms with Gasteiger partial charge in [-0.05, 0) is 58.4 Å². The van der Waals surface area contributed by atoms with Gasteiger partial charge >= 0.3 is 13.3 Å². The van der Waals surface area contributed by atoms with Crippen molar-refractivity contribution in [2.45, 2.75) is 58.4 Å². The zero-order chi connectivity index (χ0) is 20.6. The first kappa shape index (κ1) is 22.0. The summed E-state index contributed by atoms with van der Waals surface area (Å²) in [6.45, 7) is 8.06. The molecule has 2 rings (SSSR count). The van der Waals surface area contributed by atoms with Crippen molar-refractivity contribution in [2.24, 2.45) is 0 Å². The Morgan fingerprint density at radius 1 is 1.15 bits per heavy atom. The Morgan fingerprint density at radius 3 is 2.22 bits per heavy atom. The fourth-order valence-corrected chi connectivity index (χ4v) is 2.62. The van der Waals surface area contributed by atoms with Gasteiger partial charge in [-0.1, -0.05) is 11.6 Å². The number of allylic oxidation sites excluding steroid dienone is 1. The summed E-state index contributed by atoms with van der Waals surface area (Å²) in [5.41, 5.74) is -1.77. The molecule has 27 heavy (non-hydrogen) atoms. The Labute approximate surface area is 161 Å². The number of rotatable bonds is 5. The van der Waals surface area contributed by atoms with E-state index in [0.717, 1.165) is 0 Å². The molecule has 1 aromatic carbocycles. The summed E-state index contributed by atoms with van der Waals surface area (Å²) in [6, 6.07) is 4.31. The van der Waals surface area contributed by atoms with Crippen LogP contribution in [0.1, 0.15) is 46.6 Å². The van der Waals surface area contributed by atoms with E-state index in [0.29, 0.717) is 5.02 Å². The lowest BCUT2D eigenvalue weighted by molar-refractivity contribution is -0.139. The molecule has 0 atom stereocenters. The van der Waals surface area contributed by atoms with Crippen molar-refractivity contribution >= 4 is 24.3 Å².